The lowest BCUT2D eigenvalue weighted by atomic mass is 10.1. The first kappa shape index (κ1) is 19.0. The van der Waals surface area contributed by atoms with E-state index in [2.05, 4.69) is 36.3 Å². The monoisotopic (exact) mass is 378 g/mol. The highest BCUT2D eigenvalue weighted by atomic mass is 32.2. The fourth-order valence-electron chi connectivity index (χ4n) is 2.57. The van der Waals surface area contributed by atoms with Crippen LogP contribution in [0.25, 0.3) is 0 Å². The zero-order valence-corrected chi connectivity index (χ0v) is 16.5. The summed E-state index contributed by atoms with van der Waals surface area (Å²) in [6, 6.07) is 17.2. The van der Waals surface area contributed by atoms with E-state index < -0.39 is 0 Å². The Balaban J connectivity index is 1.85. The van der Waals surface area contributed by atoms with Crippen molar-refractivity contribution in [2.75, 3.05) is 11.9 Å². The molecule has 1 aromatic heterocycles. The Morgan fingerprint density at radius 3 is 2.67 bits per heavy atom. The van der Waals surface area contributed by atoms with E-state index in [0.717, 1.165) is 4.90 Å². The lowest BCUT2D eigenvalue weighted by molar-refractivity contribution is 0.102. The smallest absolute Gasteiger partial charge is 0.258 e. The van der Waals surface area contributed by atoms with Gasteiger partial charge in [-0.25, -0.2) is 4.98 Å². The third kappa shape index (κ3) is 4.68. The average Bonchev–Trinajstić information content (AvgIpc) is 2.67. The third-order valence-electron chi connectivity index (χ3n) is 4.14. The minimum atomic E-state index is -0.207. The molecule has 0 unspecified atom stereocenters. The van der Waals surface area contributed by atoms with E-state index in [9.17, 15) is 4.79 Å². The molecule has 1 heterocycles. The molecule has 0 aliphatic heterocycles. The standard InChI is InChI=1S/C22H22N2O2S/c1-4-26-20-10-6-5-9-19(20)24-21(25)18-8-7-13-23-22(18)27-17-12-11-15(2)16(3)14-17/h5-14H,4H2,1-3H3,(H,24,25). The van der Waals surface area contributed by atoms with Gasteiger partial charge in [0.25, 0.3) is 5.91 Å². The Kier molecular flexibility index (Phi) is 6.14. The lowest BCUT2D eigenvalue weighted by Crippen LogP contribution is -2.14. The molecule has 2 aromatic carbocycles. The molecule has 0 saturated carbocycles. The predicted octanol–water partition coefficient (Wildman–Crippen LogP) is 5.50. The van der Waals surface area contributed by atoms with E-state index >= 15 is 0 Å². The highest BCUT2D eigenvalue weighted by Gasteiger charge is 2.15. The summed E-state index contributed by atoms with van der Waals surface area (Å²) in [5.41, 5.74) is 3.64. The number of nitrogens with zero attached hydrogens (tertiary/aromatic N) is 1. The van der Waals surface area contributed by atoms with Crippen molar-refractivity contribution in [1.29, 1.82) is 0 Å². The van der Waals surface area contributed by atoms with Gasteiger partial charge in [0.15, 0.2) is 0 Å². The van der Waals surface area contributed by atoms with Gasteiger partial charge in [0.05, 0.1) is 17.9 Å². The molecule has 0 aliphatic rings. The predicted molar refractivity (Wildman–Crippen MR) is 110 cm³/mol. The summed E-state index contributed by atoms with van der Waals surface area (Å²) in [7, 11) is 0. The Bertz CT molecular complexity index is 957. The highest BCUT2D eigenvalue weighted by molar-refractivity contribution is 7.99. The summed E-state index contributed by atoms with van der Waals surface area (Å²) in [6.07, 6.45) is 1.70. The third-order valence-corrected chi connectivity index (χ3v) is 5.15. The number of nitrogens with one attached hydrogen (secondary N) is 1. The van der Waals surface area contributed by atoms with Crippen LogP contribution in [-0.4, -0.2) is 17.5 Å². The summed E-state index contributed by atoms with van der Waals surface area (Å²) in [5, 5.41) is 3.61. The van der Waals surface area contributed by atoms with Crippen molar-refractivity contribution in [3.8, 4) is 5.75 Å². The highest BCUT2D eigenvalue weighted by Crippen LogP contribution is 2.31. The van der Waals surface area contributed by atoms with Crippen LogP contribution >= 0.6 is 11.8 Å². The number of para-hydroxylation sites is 2. The van der Waals surface area contributed by atoms with Gasteiger partial charge in [-0.3, -0.25) is 4.79 Å². The molecule has 0 saturated heterocycles. The SMILES string of the molecule is CCOc1ccccc1NC(=O)c1cccnc1Sc1ccc(C)c(C)c1. The molecule has 0 spiro atoms. The fourth-order valence-corrected chi connectivity index (χ4v) is 3.55. The van der Waals surface area contributed by atoms with Crippen LogP contribution in [0.5, 0.6) is 5.75 Å². The largest absolute Gasteiger partial charge is 0.492 e. The normalized spacial score (nSPS) is 10.5. The number of aryl methyl sites for hydroxylation is 2. The molecule has 4 nitrogen and oxygen atoms in total. The molecule has 3 aromatic rings. The van der Waals surface area contributed by atoms with E-state index in [-0.39, 0.29) is 5.91 Å². The zero-order valence-electron chi connectivity index (χ0n) is 15.7. The van der Waals surface area contributed by atoms with E-state index in [1.54, 1.807) is 18.3 Å². The van der Waals surface area contributed by atoms with Crippen molar-refractivity contribution < 1.29 is 9.53 Å². The maximum atomic E-state index is 12.9. The Hall–Kier alpha value is -2.79. The van der Waals surface area contributed by atoms with Gasteiger partial charge in [0.2, 0.25) is 0 Å². The molecule has 0 atom stereocenters. The van der Waals surface area contributed by atoms with Crippen LogP contribution in [0.15, 0.2) is 70.7 Å². The van der Waals surface area contributed by atoms with Crippen LogP contribution in [0, 0.1) is 13.8 Å². The van der Waals surface area contributed by atoms with Gasteiger partial charge in [0.1, 0.15) is 10.8 Å². The molecule has 5 heteroatoms. The van der Waals surface area contributed by atoms with Crippen molar-refractivity contribution in [2.24, 2.45) is 0 Å². The van der Waals surface area contributed by atoms with E-state index in [4.69, 9.17) is 4.74 Å². The number of amides is 1. The van der Waals surface area contributed by atoms with Crippen LogP contribution in [0.2, 0.25) is 0 Å². The first-order valence-corrected chi connectivity index (χ1v) is 9.63. The van der Waals surface area contributed by atoms with Crippen LogP contribution in [0.3, 0.4) is 0 Å². The molecule has 27 heavy (non-hydrogen) atoms. The molecule has 3 rings (SSSR count). The minimum absolute atomic E-state index is 0.207. The minimum Gasteiger partial charge on any atom is -0.492 e. The molecule has 1 amide bonds. The molecule has 0 fully saturated rings. The van der Waals surface area contributed by atoms with Crippen molar-refractivity contribution in [1.82, 2.24) is 4.98 Å². The van der Waals surface area contributed by atoms with Crippen molar-refractivity contribution in [3.05, 3.63) is 77.5 Å². The molecular formula is C22H22N2O2S. The second kappa shape index (κ2) is 8.73. The first-order chi connectivity index (χ1) is 13.1. The summed E-state index contributed by atoms with van der Waals surface area (Å²) in [5.74, 6) is 0.446. The maximum Gasteiger partial charge on any atom is 0.258 e. The number of anilines is 1. The van der Waals surface area contributed by atoms with Gasteiger partial charge >= 0.3 is 0 Å². The topological polar surface area (TPSA) is 51.2 Å². The maximum absolute atomic E-state index is 12.9. The number of benzene rings is 2. The van der Waals surface area contributed by atoms with Crippen LogP contribution in [0.1, 0.15) is 28.4 Å². The first-order valence-electron chi connectivity index (χ1n) is 8.81. The van der Waals surface area contributed by atoms with Gasteiger partial charge in [-0.2, -0.15) is 0 Å². The summed E-state index contributed by atoms with van der Waals surface area (Å²) in [4.78, 5) is 18.4. The number of ether oxygens (including phenoxy) is 1. The van der Waals surface area contributed by atoms with Gasteiger partial charge in [-0.05, 0) is 68.3 Å². The molecule has 138 valence electrons. The second-order valence-electron chi connectivity index (χ2n) is 6.09. The number of rotatable bonds is 6. The second-order valence-corrected chi connectivity index (χ2v) is 7.15. The zero-order chi connectivity index (χ0) is 19.2. The number of pyridine rings is 1. The summed E-state index contributed by atoms with van der Waals surface area (Å²) < 4.78 is 5.59. The summed E-state index contributed by atoms with van der Waals surface area (Å²) in [6.45, 7) is 6.61. The molecule has 0 aliphatic carbocycles. The molecule has 0 bridgehead atoms. The molecule has 0 radical (unpaired) electrons. The van der Waals surface area contributed by atoms with Crippen molar-refractivity contribution >= 4 is 23.4 Å². The molecule has 1 N–H and O–H groups in total. The van der Waals surface area contributed by atoms with E-state index in [1.807, 2.05) is 37.3 Å². The number of hydrogen-bond donors (Lipinski definition) is 1. The van der Waals surface area contributed by atoms with Crippen molar-refractivity contribution in [2.45, 2.75) is 30.7 Å². The molecular weight excluding hydrogens is 356 g/mol. The summed E-state index contributed by atoms with van der Waals surface area (Å²) >= 11 is 1.49. The van der Waals surface area contributed by atoms with Crippen LogP contribution in [0.4, 0.5) is 5.69 Å². The fraction of sp³-hybridized carbons (Fsp3) is 0.182. The van der Waals surface area contributed by atoms with Gasteiger partial charge in [0, 0.05) is 11.1 Å². The van der Waals surface area contributed by atoms with Gasteiger partial charge in [-0.15, -0.1) is 0 Å². The van der Waals surface area contributed by atoms with Crippen LogP contribution in [-0.2, 0) is 0 Å². The quantitative estimate of drug-likeness (QED) is 0.615. The van der Waals surface area contributed by atoms with Crippen LogP contribution < -0.4 is 10.1 Å². The lowest BCUT2D eigenvalue weighted by Gasteiger charge is -2.13. The Labute approximate surface area is 164 Å². The van der Waals surface area contributed by atoms with E-state index in [1.165, 1.54) is 22.9 Å². The number of hydrogen-bond acceptors (Lipinski definition) is 4. The number of carbonyl (C=O) groups is 1. The van der Waals surface area contributed by atoms with Gasteiger partial charge < -0.3 is 10.1 Å². The van der Waals surface area contributed by atoms with Gasteiger partial charge in [-0.1, -0.05) is 30.0 Å². The Morgan fingerprint density at radius 1 is 1.07 bits per heavy atom. The average molecular weight is 378 g/mol. The Morgan fingerprint density at radius 2 is 1.89 bits per heavy atom. The number of aromatic nitrogens is 1. The number of carbonyl (C=O) groups excluding carboxylic acids is 1. The van der Waals surface area contributed by atoms with Crippen molar-refractivity contribution in [3.63, 3.8) is 0 Å². The van der Waals surface area contributed by atoms with E-state index in [0.29, 0.717) is 28.6 Å².